The predicted octanol–water partition coefficient (Wildman–Crippen LogP) is 2.51. The van der Waals surface area contributed by atoms with Crippen LogP contribution in [-0.2, 0) is 17.6 Å². The van der Waals surface area contributed by atoms with E-state index in [0.29, 0.717) is 11.2 Å². The predicted molar refractivity (Wildman–Crippen MR) is 99.2 cm³/mol. The Morgan fingerprint density at radius 3 is 2.37 bits per heavy atom. The van der Waals surface area contributed by atoms with Crippen LogP contribution in [0.25, 0.3) is 0 Å². The first-order chi connectivity index (χ1) is 12.9. The van der Waals surface area contributed by atoms with E-state index in [9.17, 15) is 9.59 Å². The van der Waals surface area contributed by atoms with Gasteiger partial charge in [-0.3, -0.25) is 14.3 Å². The Labute approximate surface area is 157 Å². The summed E-state index contributed by atoms with van der Waals surface area (Å²) in [5.74, 6) is -0.0574. The summed E-state index contributed by atoms with van der Waals surface area (Å²) in [5.41, 5.74) is 3.10. The largest absolute Gasteiger partial charge is 0.438 e. The molecule has 0 bridgehead atoms. The number of carbonyl (C=O) groups is 1. The maximum absolute atomic E-state index is 13.2. The van der Waals surface area contributed by atoms with Gasteiger partial charge in [0.25, 0.3) is 0 Å². The van der Waals surface area contributed by atoms with Gasteiger partial charge >= 0.3 is 5.76 Å². The van der Waals surface area contributed by atoms with E-state index in [4.69, 9.17) is 0 Å². The fourth-order valence-corrected chi connectivity index (χ4v) is 5.51. The van der Waals surface area contributed by atoms with Gasteiger partial charge in [0.15, 0.2) is 5.82 Å². The molecule has 2 heterocycles. The third-order valence-corrected chi connectivity index (χ3v) is 7.23. The fraction of sp³-hybridized carbons (Fsp3) is 0.571. The summed E-state index contributed by atoms with van der Waals surface area (Å²) in [6.45, 7) is 5.77. The highest BCUT2D eigenvalue weighted by Crippen LogP contribution is 2.64. The number of nitrogens with one attached hydrogen (secondary N) is 1. The molecule has 1 saturated carbocycles. The summed E-state index contributed by atoms with van der Waals surface area (Å²) in [7, 11) is 0. The molecule has 2 fully saturated rings. The molecule has 2 atom stereocenters. The Kier molecular flexibility index (Phi) is 3.46. The summed E-state index contributed by atoms with van der Waals surface area (Å²) >= 11 is 0. The van der Waals surface area contributed by atoms with E-state index in [1.54, 1.807) is 0 Å². The molecular weight excluding hydrogens is 342 g/mol. The zero-order chi connectivity index (χ0) is 18.8. The molecule has 1 aliphatic heterocycles. The van der Waals surface area contributed by atoms with Crippen LogP contribution in [0, 0.1) is 16.7 Å². The average Bonchev–Trinajstić information content (AvgIpc) is 2.95. The van der Waals surface area contributed by atoms with E-state index >= 15 is 0 Å². The van der Waals surface area contributed by atoms with Crippen molar-refractivity contribution in [3.63, 3.8) is 0 Å². The monoisotopic (exact) mass is 367 g/mol. The maximum Gasteiger partial charge on any atom is 0.438 e. The Morgan fingerprint density at radius 1 is 1.19 bits per heavy atom. The van der Waals surface area contributed by atoms with Crippen molar-refractivity contribution in [3.05, 3.63) is 51.8 Å². The maximum atomic E-state index is 13.2. The smallest absolute Gasteiger partial charge is 0.342 e. The molecule has 1 aromatic carbocycles. The second kappa shape index (κ2) is 5.57. The number of hydrogen-bond acceptors (Lipinski definition) is 4. The van der Waals surface area contributed by atoms with Gasteiger partial charge in [-0.2, -0.15) is 0 Å². The lowest BCUT2D eigenvalue weighted by atomic mass is 9.76. The molecule has 1 spiro atoms. The highest BCUT2D eigenvalue weighted by atomic mass is 16.5. The van der Waals surface area contributed by atoms with Crippen LogP contribution in [0.2, 0.25) is 0 Å². The van der Waals surface area contributed by atoms with Crippen LogP contribution in [0.1, 0.15) is 49.6 Å². The molecule has 6 heteroatoms. The van der Waals surface area contributed by atoms with Crippen molar-refractivity contribution in [2.24, 2.45) is 16.7 Å². The summed E-state index contributed by atoms with van der Waals surface area (Å²) in [6.07, 6.45) is 4.41. The molecule has 0 radical (unpaired) electrons. The number of rotatable bonds is 2. The van der Waals surface area contributed by atoms with Gasteiger partial charge in [0.05, 0.1) is 5.92 Å². The molecule has 1 saturated heterocycles. The number of aromatic amines is 1. The van der Waals surface area contributed by atoms with Crippen LogP contribution in [0.5, 0.6) is 0 Å². The molecule has 6 nitrogen and oxygen atoms in total. The number of nitrogens with zero attached hydrogens (tertiary/aromatic N) is 2. The van der Waals surface area contributed by atoms with Gasteiger partial charge in [0.1, 0.15) is 0 Å². The van der Waals surface area contributed by atoms with Crippen molar-refractivity contribution in [2.75, 3.05) is 13.1 Å². The van der Waals surface area contributed by atoms with Gasteiger partial charge in [-0.1, -0.05) is 43.3 Å². The number of likely N-dealkylation sites (tertiary alicyclic amines) is 1. The first-order valence-electron chi connectivity index (χ1n) is 9.81. The molecule has 1 N–H and O–H groups in total. The number of carbonyl (C=O) groups excluding carboxylic acids is 1. The van der Waals surface area contributed by atoms with Crippen molar-refractivity contribution >= 4 is 5.91 Å². The number of aromatic nitrogens is 2. The zero-order valence-corrected chi connectivity index (χ0v) is 15.8. The number of H-pyrrole nitrogens is 1. The number of fused-ring (bicyclic) bond motifs is 1. The van der Waals surface area contributed by atoms with Gasteiger partial charge < -0.3 is 4.90 Å². The Morgan fingerprint density at radius 2 is 1.81 bits per heavy atom. The van der Waals surface area contributed by atoms with E-state index in [-0.39, 0.29) is 23.2 Å². The summed E-state index contributed by atoms with van der Waals surface area (Å²) in [4.78, 5) is 29.1. The molecule has 27 heavy (non-hydrogen) atoms. The van der Waals surface area contributed by atoms with Crippen molar-refractivity contribution in [1.29, 1.82) is 0 Å². The molecule has 1 aromatic heterocycles. The number of piperidine rings is 1. The van der Waals surface area contributed by atoms with Crippen LogP contribution in [0.15, 0.2) is 33.6 Å². The van der Waals surface area contributed by atoms with Crippen LogP contribution in [-0.4, -0.2) is 34.0 Å². The number of benzene rings is 1. The quantitative estimate of drug-likeness (QED) is 0.885. The second-order valence-electron chi connectivity index (χ2n) is 9.20. The lowest BCUT2D eigenvalue weighted by Gasteiger charge is -2.39. The van der Waals surface area contributed by atoms with Crippen molar-refractivity contribution < 1.29 is 9.32 Å². The van der Waals surface area contributed by atoms with Crippen molar-refractivity contribution in [3.8, 4) is 0 Å². The Balaban J connectivity index is 1.27. The molecule has 0 unspecified atom stereocenters. The van der Waals surface area contributed by atoms with E-state index < -0.39 is 5.76 Å². The normalized spacial score (nSPS) is 27.6. The van der Waals surface area contributed by atoms with E-state index in [0.717, 1.165) is 38.8 Å². The van der Waals surface area contributed by atoms with Crippen LogP contribution in [0.4, 0.5) is 0 Å². The van der Waals surface area contributed by atoms with Gasteiger partial charge in [-0.25, -0.2) is 4.79 Å². The Hall–Kier alpha value is -2.37. The summed E-state index contributed by atoms with van der Waals surface area (Å²) in [5, 5.41) is 3.82. The van der Waals surface area contributed by atoms with E-state index in [1.165, 1.54) is 11.1 Å². The van der Waals surface area contributed by atoms with Gasteiger partial charge in [-0.15, -0.1) is 0 Å². The van der Waals surface area contributed by atoms with Crippen LogP contribution < -0.4 is 5.76 Å². The molecule has 1 amide bonds. The molecule has 142 valence electrons. The van der Waals surface area contributed by atoms with Crippen molar-refractivity contribution in [1.82, 2.24) is 15.0 Å². The third kappa shape index (κ3) is 2.57. The van der Waals surface area contributed by atoms with Crippen LogP contribution >= 0.6 is 0 Å². The first-order valence-corrected chi connectivity index (χ1v) is 9.81. The van der Waals surface area contributed by atoms with E-state index in [2.05, 4.69) is 52.8 Å². The first kappa shape index (κ1) is 16.8. The average molecular weight is 367 g/mol. The van der Waals surface area contributed by atoms with Gasteiger partial charge in [-0.05, 0) is 47.6 Å². The highest BCUT2D eigenvalue weighted by molar-refractivity contribution is 5.84. The molecular formula is C21H25N3O3. The molecule has 2 aliphatic carbocycles. The number of hydrogen-bond donors (Lipinski definition) is 1. The minimum absolute atomic E-state index is 0.0666. The lowest BCUT2D eigenvalue weighted by Crippen LogP contribution is -2.44. The van der Waals surface area contributed by atoms with Crippen LogP contribution in [0.3, 0.4) is 0 Å². The van der Waals surface area contributed by atoms with Crippen molar-refractivity contribution in [2.45, 2.75) is 45.4 Å². The molecule has 3 aliphatic rings. The second-order valence-corrected chi connectivity index (χ2v) is 9.20. The number of amides is 1. The highest BCUT2D eigenvalue weighted by Gasteiger charge is 2.65. The SMILES string of the molecule is CC1(C)[C@H](C(=O)N2CCC3(CC2)Cc2ccccc2C3)[C@@H]1c1noc(=O)[nH]1. The van der Waals surface area contributed by atoms with Gasteiger partial charge in [0, 0.05) is 19.0 Å². The summed E-state index contributed by atoms with van der Waals surface area (Å²) in [6, 6.07) is 8.75. The fourth-order valence-electron chi connectivity index (χ4n) is 5.51. The summed E-state index contributed by atoms with van der Waals surface area (Å²) < 4.78 is 4.64. The standard InChI is InChI=1S/C21H25N3O3/c1-20(2)15(17-22-19(26)27-23-17)16(20)18(25)24-9-7-21(8-10-24)11-13-5-3-4-6-14(13)12-21/h3-6,15-16H,7-12H2,1-2H3,(H,22,23,26)/t15-,16+/m1/s1. The third-order valence-electron chi connectivity index (χ3n) is 7.23. The molecule has 2 aromatic rings. The van der Waals surface area contributed by atoms with E-state index in [1.807, 2.05) is 4.90 Å². The minimum atomic E-state index is -0.556. The Bertz CT molecular complexity index is 922. The molecule has 5 rings (SSSR count). The lowest BCUT2D eigenvalue weighted by molar-refractivity contribution is -0.135. The van der Waals surface area contributed by atoms with Gasteiger partial charge in [0.2, 0.25) is 5.91 Å². The minimum Gasteiger partial charge on any atom is -0.342 e. The topological polar surface area (TPSA) is 79.2 Å². The zero-order valence-electron chi connectivity index (χ0n) is 15.8.